The number of carbonyl (C=O) groups is 2. The van der Waals surface area contributed by atoms with Gasteiger partial charge in [-0.2, -0.15) is 0 Å². The van der Waals surface area contributed by atoms with E-state index in [1.54, 1.807) is 18.2 Å². The number of fused-ring (bicyclic) bond motifs is 1. The van der Waals surface area contributed by atoms with E-state index >= 15 is 0 Å². The van der Waals surface area contributed by atoms with Gasteiger partial charge in [0.1, 0.15) is 5.75 Å². The Hall–Kier alpha value is -3.55. The second-order valence-corrected chi connectivity index (χ2v) is 6.73. The molecule has 0 unspecified atom stereocenters. The fourth-order valence-electron chi connectivity index (χ4n) is 2.78. The maximum Gasteiger partial charge on any atom is 0.323 e. The molecule has 3 rings (SSSR count). The van der Waals surface area contributed by atoms with E-state index in [4.69, 9.17) is 9.47 Å². The van der Waals surface area contributed by atoms with E-state index < -0.39 is 18.0 Å². The van der Waals surface area contributed by atoms with Gasteiger partial charge in [-0.1, -0.05) is 12.1 Å². The smallest absolute Gasteiger partial charge is 0.323 e. The van der Waals surface area contributed by atoms with Crippen molar-refractivity contribution in [3.63, 3.8) is 0 Å². The van der Waals surface area contributed by atoms with Crippen molar-refractivity contribution in [1.29, 1.82) is 0 Å². The van der Waals surface area contributed by atoms with Crippen molar-refractivity contribution < 1.29 is 19.1 Å². The second kappa shape index (κ2) is 9.09. The first-order valence-corrected chi connectivity index (χ1v) is 9.32. The summed E-state index contributed by atoms with van der Waals surface area (Å²) in [5.74, 6) is -0.163. The topological polar surface area (TPSA) is 113 Å². The van der Waals surface area contributed by atoms with Gasteiger partial charge in [-0.15, -0.1) is 0 Å². The molecule has 2 aromatic carbocycles. The highest BCUT2D eigenvalue weighted by Gasteiger charge is 2.18. The van der Waals surface area contributed by atoms with Crippen molar-refractivity contribution >= 4 is 28.6 Å². The molecule has 0 saturated heterocycles. The summed E-state index contributed by atoms with van der Waals surface area (Å²) in [7, 11) is 0. The third-order valence-corrected chi connectivity index (χ3v) is 4.24. The molecule has 0 bridgehead atoms. The molecule has 1 atom stereocenters. The molecule has 1 heterocycles. The molecule has 29 heavy (non-hydrogen) atoms. The predicted molar refractivity (Wildman–Crippen MR) is 109 cm³/mol. The van der Waals surface area contributed by atoms with Crippen LogP contribution in [-0.2, 0) is 14.3 Å². The van der Waals surface area contributed by atoms with Crippen LogP contribution in [0.4, 0.5) is 5.69 Å². The van der Waals surface area contributed by atoms with E-state index in [-0.39, 0.29) is 12.1 Å². The van der Waals surface area contributed by atoms with Gasteiger partial charge in [0.2, 0.25) is 0 Å². The van der Waals surface area contributed by atoms with E-state index in [1.807, 2.05) is 31.2 Å². The molecular weight excluding hydrogens is 374 g/mol. The number of esters is 1. The minimum absolute atomic E-state index is 0.153. The zero-order chi connectivity index (χ0) is 20.8. The number of H-pyrrole nitrogens is 2. The number of ether oxygens (including phenoxy) is 2. The Balaban J connectivity index is 1.42. The number of hydrogen-bond acceptors (Lipinski definition) is 5. The zero-order valence-corrected chi connectivity index (χ0v) is 16.3. The van der Waals surface area contributed by atoms with Gasteiger partial charge in [0.25, 0.3) is 5.91 Å². The maximum absolute atomic E-state index is 12.2. The number of carbonyl (C=O) groups excluding carboxylic acids is 2. The average molecular weight is 397 g/mol. The minimum Gasteiger partial charge on any atom is -0.494 e. The lowest BCUT2D eigenvalue weighted by molar-refractivity contribution is -0.153. The third kappa shape index (κ3) is 5.71. The van der Waals surface area contributed by atoms with Crippen LogP contribution in [0.15, 0.2) is 47.3 Å². The molecule has 1 amide bonds. The normalized spacial score (nSPS) is 11.8. The van der Waals surface area contributed by atoms with Crippen molar-refractivity contribution in [2.45, 2.75) is 32.8 Å². The van der Waals surface area contributed by atoms with Crippen molar-refractivity contribution in [1.82, 2.24) is 9.97 Å². The molecule has 0 aliphatic carbocycles. The molecule has 0 saturated carbocycles. The van der Waals surface area contributed by atoms with Gasteiger partial charge in [0.05, 0.1) is 17.6 Å². The number of nitrogens with one attached hydrogen (secondary N) is 3. The monoisotopic (exact) mass is 397 g/mol. The fourth-order valence-corrected chi connectivity index (χ4v) is 2.78. The molecule has 0 spiro atoms. The van der Waals surface area contributed by atoms with Crippen LogP contribution in [0.25, 0.3) is 11.0 Å². The molecular formula is C21H23N3O5. The highest BCUT2D eigenvalue weighted by Crippen LogP contribution is 2.15. The lowest BCUT2D eigenvalue weighted by atomic mass is 10.2. The number of aromatic amines is 2. The Labute approximate surface area is 167 Å². The highest BCUT2D eigenvalue weighted by atomic mass is 16.5. The molecule has 3 aromatic rings. The summed E-state index contributed by atoms with van der Waals surface area (Å²) in [5.41, 5.74) is 2.49. The van der Waals surface area contributed by atoms with Crippen molar-refractivity contribution in [2.75, 3.05) is 11.9 Å². The molecule has 8 heteroatoms. The van der Waals surface area contributed by atoms with Crippen LogP contribution in [0.5, 0.6) is 5.75 Å². The minimum atomic E-state index is -0.943. The Kier molecular flexibility index (Phi) is 6.33. The Morgan fingerprint density at radius 2 is 1.90 bits per heavy atom. The maximum atomic E-state index is 12.2. The van der Waals surface area contributed by atoms with E-state index in [1.165, 1.54) is 6.92 Å². The number of imidazole rings is 1. The molecule has 0 aliphatic rings. The van der Waals surface area contributed by atoms with Gasteiger partial charge in [-0.05, 0) is 56.2 Å². The summed E-state index contributed by atoms with van der Waals surface area (Å²) in [5, 5.41) is 2.67. The van der Waals surface area contributed by atoms with Gasteiger partial charge >= 0.3 is 11.7 Å². The van der Waals surface area contributed by atoms with Crippen LogP contribution in [0.1, 0.15) is 25.3 Å². The predicted octanol–water partition coefficient (Wildman–Crippen LogP) is 2.89. The first kappa shape index (κ1) is 20.2. The quantitative estimate of drug-likeness (QED) is 0.400. The van der Waals surface area contributed by atoms with Crippen molar-refractivity contribution in [3.05, 3.63) is 58.5 Å². The zero-order valence-electron chi connectivity index (χ0n) is 16.3. The van der Waals surface area contributed by atoms with Gasteiger partial charge in [-0.3, -0.25) is 9.59 Å². The number of anilines is 1. The Bertz CT molecular complexity index is 1070. The molecule has 3 N–H and O–H groups in total. The molecule has 0 radical (unpaired) electrons. The number of rotatable bonds is 8. The van der Waals surface area contributed by atoms with Crippen LogP contribution >= 0.6 is 0 Å². The SMILES string of the molecule is Cc1cccc(OCCCC(=O)O[C@H](C)C(=O)Nc2ccc3[nH]c(=O)[nH]c3c2)c1. The summed E-state index contributed by atoms with van der Waals surface area (Å²) in [6.45, 7) is 3.87. The molecule has 0 aliphatic heterocycles. The first-order valence-electron chi connectivity index (χ1n) is 9.32. The number of amides is 1. The van der Waals surface area contributed by atoms with Crippen molar-refractivity contribution in [3.8, 4) is 5.75 Å². The molecule has 0 fully saturated rings. The van der Waals surface area contributed by atoms with Gasteiger partial charge in [0.15, 0.2) is 6.10 Å². The largest absolute Gasteiger partial charge is 0.494 e. The fraction of sp³-hybridized carbons (Fsp3) is 0.286. The summed E-state index contributed by atoms with van der Waals surface area (Å²) < 4.78 is 10.8. The highest BCUT2D eigenvalue weighted by molar-refractivity contribution is 5.96. The van der Waals surface area contributed by atoms with E-state index in [0.29, 0.717) is 29.7 Å². The van der Waals surface area contributed by atoms with Crippen LogP contribution in [-0.4, -0.2) is 34.6 Å². The standard InChI is InChI=1S/C21H23N3O5/c1-13-5-3-6-16(11-13)28-10-4-7-19(25)29-14(2)20(26)22-15-8-9-17-18(12-15)24-21(27)23-17/h3,5-6,8-9,11-12,14H,4,7,10H2,1-2H3,(H,22,26)(H2,23,24,27)/t14-/m1/s1. The number of aryl methyl sites for hydroxylation is 1. The van der Waals surface area contributed by atoms with E-state index in [0.717, 1.165) is 11.3 Å². The Morgan fingerprint density at radius 1 is 1.10 bits per heavy atom. The number of aromatic nitrogens is 2. The summed E-state index contributed by atoms with van der Waals surface area (Å²) >= 11 is 0. The average Bonchev–Trinajstić information content (AvgIpc) is 3.04. The van der Waals surface area contributed by atoms with Crippen molar-refractivity contribution in [2.24, 2.45) is 0 Å². The molecule has 1 aromatic heterocycles. The van der Waals surface area contributed by atoms with Gasteiger partial charge in [-0.25, -0.2) is 4.79 Å². The lowest BCUT2D eigenvalue weighted by Gasteiger charge is -2.14. The van der Waals surface area contributed by atoms with Gasteiger partial charge in [0, 0.05) is 12.1 Å². The first-order chi connectivity index (χ1) is 13.9. The summed E-state index contributed by atoms with van der Waals surface area (Å²) in [6.07, 6.45) is -0.306. The van der Waals surface area contributed by atoms with E-state index in [2.05, 4.69) is 15.3 Å². The van der Waals surface area contributed by atoms with Crippen LogP contribution in [0.2, 0.25) is 0 Å². The summed E-state index contributed by atoms with van der Waals surface area (Å²) in [4.78, 5) is 40.7. The third-order valence-electron chi connectivity index (χ3n) is 4.24. The van der Waals surface area contributed by atoms with Crippen LogP contribution < -0.4 is 15.7 Å². The second-order valence-electron chi connectivity index (χ2n) is 6.73. The molecule has 152 valence electrons. The summed E-state index contributed by atoms with van der Waals surface area (Å²) in [6, 6.07) is 12.6. The van der Waals surface area contributed by atoms with Crippen LogP contribution in [0, 0.1) is 6.92 Å². The number of benzene rings is 2. The van der Waals surface area contributed by atoms with E-state index in [9.17, 15) is 14.4 Å². The number of hydrogen-bond donors (Lipinski definition) is 3. The lowest BCUT2D eigenvalue weighted by Crippen LogP contribution is -2.30. The van der Waals surface area contributed by atoms with Gasteiger partial charge < -0.3 is 24.8 Å². The van der Waals surface area contributed by atoms with Crippen LogP contribution in [0.3, 0.4) is 0 Å². The Morgan fingerprint density at radius 3 is 2.69 bits per heavy atom. The molecule has 8 nitrogen and oxygen atoms in total.